The van der Waals surface area contributed by atoms with Crippen LogP contribution in [0.2, 0.25) is 0 Å². The number of aliphatic imine (C=N–C) groups is 1. The number of hydrogen-bond acceptors (Lipinski definition) is 3. The number of nitrogens with one attached hydrogen (secondary N) is 2. The second-order valence-electron chi connectivity index (χ2n) is 6.99. The van der Waals surface area contributed by atoms with E-state index in [4.69, 9.17) is 4.42 Å². The molecule has 1 heterocycles. The molecule has 0 aliphatic heterocycles. The lowest BCUT2D eigenvalue weighted by Crippen LogP contribution is -2.36. The number of guanidine groups is 1. The van der Waals surface area contributed by atoms with E-state index < -0.39 is 0 Å². The second kappa shape index (κ2) is 10.3. The monoisotopic (exact) mass is 534 g/mol. The molecule has 0 bridgehead atoms. The number of benzene rings is 1. The maximum atomic E-state index is 5.81. The van der Waals surface area contributed by atoms with Gasteiger partial charge in [0, 0.05) is 16.4 Å². The van der Waals surface area contributed by atoms with Gasteiger partial charge in [0.1, 0.15) is 5.76 Å². The Morgan fingerprint density at radius 1 is 1.27 bits per heavy atom. The minimum Gasteiger partial charge on any atom is -0.443 e. The van der Waals surface area contributed by atoms with Crippen molar-refractivity contribution < 1.29 is 4.42 Å². The molecule has 2 rings (SSSR count). The standard InChI is InChI=1S/C19H27BrN4O.HI/c1-6-21-18(23-10-14-7-8-15(20)9-13(14)2)24-12-17-22-11-16(25-17)19(3,4)5;/h7-9,11H,6,10,12H2,1-5H3,(H2,21,23,24);1H. The molecule has 0 fully saturated rings. The van der Waals surface area contributed by atoms with Crippen molar-refractivity contribution in [2.45, 2.75) is 53.1 Å². The summed E-state index contributed by atoms with van der Waals surface area (Å²) in [7, 11) is 0. The molecule has 0 spiro atoms. The Labute approximate surface area is 181 Å². The van der Waals surface area contributed by atoms with Gasteiger partial charge in [-0.3, -0.25) is 0 Å². The molecule has 1 aromatic heterocycles. The highest BCUT2D eigenvalue weighted by Gasteiger charge is 2.19. The van der Waals surface area contributed by atoms with Crippen LogP contribution in [0.5, 0.6) is 0 Å². The number of hydrogen-bond donors (Lipinski definition) is 2. The van der Waals surface area contributed by atoms with E-state index in [1.54, 1.807) is 6.20 Å². The molecule has 0 saturated heterocycles. The lowest BCUT2D eigenvalue weighted by molar-refractivity contribution is 0.379. The summed E-state index contributed by atoms with van der Waals surface area (Å²) in [5, 5.41) is 6.53. The second-order valence-corrected chi connectivity index (χ2v) is 7.90. The Kier molecular flexibility index (Phi) is 9.09. The number of nitrogens with zero attached hydrogens (tertiary/aromatic N) is 2. The summed E-state index contributed by atoms with van der Waals surface area (Å²) in [6.45, 7) is 12.4. The van der Waals surface area contributed by atoms with Crippen LogP contribution < -0.4 is 10.6 Å². The molecule has 0 unspecified atom stereocenters. The van der Waals surface area contributed by atoms with Crippen molar-refractivity contribution in [1.29, 1.82) is 0 Å². The molecule has 0 radical (unpaired) electrons. The molecule has 1 aromatic carbocycles. The minimum absolute atomic E-state index is 0. The Bertz CT molecular complexity index is 737. The van der Waals surface area contributed by atoms with Crippen LogP contribution in [0.25, 0.3) is 0 Å². The average molecular weight is 535 g/mol. The van der Waals surface area contributed by atoms with Gasteiger partial charge in [0.2, 0.25) is 5.89 Å². The van der Waals surface area contributed by atoms with E-state index in [0.717, 1.165) is 22.7 Å². The van der Waals surface area contributed by atoms with Crippen LogP contribution in [0.15, 0.2) is 38.3 Å². The Morgan fingerprint density at radius 2 is 2.00 bits per heavy atom. The molecular weight excluding hydrogens is 507 g/mol. The molecular formula is C19H28BrIN4O. The van der Waals surface area contributed by atoms with Crippen LogP contribution in [0.3, 0.4) is 0 Å². The molecule has 26 heavy (non-hydrogen) atoms. The molecule has 7 heteroatoms. The number of oxazole rings is 1. The largest absolute Gasteiger partial charge is 0.443 e. The zero-order chi connectivity index (χ0) is 18.4. The van der Waals surface area contributed by atoms with Crippen molar-refractivity contribution >= 4 is 45.9 Å². The summed E-state index contributed by atoms with van der Waals surface area (Å²) in [6.07, 6.45) is 1.80. The molecule has 2 N–H and O–H groups in total. The summed E-state index contributed by atoms with van der Waals surface area (Å²) in [4.78, 5) is 8.99. The van der Waals surface area contributed by atoms with Gasteiger partial charge in [0.05, 0.1) is 19.3 Å². The Balaban J connectivity index is 0.00000338. The summed E-state index contributed by atoms with van der Waals surface area (Å²) in [5.74, 6) is 2.30. The van der Waals surface area contributed by atoms with Crippen molar-refractivity contribution in [3.05, 3.63) is 51.6 Å². The van der Waals surface area contributed by atoms with Crippen molar-refractivity contribution in [3.63, 3.8) is 0 Å². The molecule has 0 atom stereocenters. The Morgan fingerprint density at radius 3 is 2.58 bits per heavy atom. The van der Waals surface area contributed by atoms with Gasteiger partial charge in [-0.1, -0.05) is 42.8 Å². The van der Waals surface area contributed by atoms with E-state index in [2.05, 4.69) is 76.4 Å². The summed E-state index contributed by atoms with van der Waals surface area (Å²) < 4.78 is 6.89. The predicted molar refractivity (Wildman–Crippen MR) is 121 cm³/mol. The van der Waals surface area contributed by atoms with Crippen molar-refractivity contribution in [2.75, 3.05) is 6.54 Å². The fraction of sp³-hybridized carbons (Fsp3) is 0.474. The van der Waals surface area contributed by atoms with Gasteiger partial charge < -0.3 is 15.1 Å². The lowest BCUT2D eigenvalue weighted by Gasteiger charge is -2.13. The third-order valence-corrected chi connectivity index (χ3v) is 4.25. The molecule has 2 aromatic rings. The molecule has 144 valence electrons. The van der Waals surface area contributed by atoms with E-state index in [0.29, 0.717) is 19.0 Å². The summed E-state index contributed by atoms with van der Waals surface area (Å²) in [6, 6.07) is 6.24. The summed E-state index contributed by atoms with van der Waals surface area (Å²) in [5.41, 5.74) is 2.38. The zero-order valence-corrected chi connectivity index (χ0v) is 19.9. The maximum Gasteiger partial charge on any atom is 0.213 e. The van der Waals surface area contributed by atoms with Crippen LogP contribution in [0.4, 0.5) is 0 Å². The van der Waals surface area contributed by atoms with Crippen molar-refractivity contribution in [2.24, 2.45) is 4.99 Å². The van der Waals surface area contributed by atoms with Gasteiger partial charge in [-0.2, -0.15) is 0 Å². The van der Waals surface area contributed by atoms with Gasteiger partial charge in [-0.05, 0) is 37.1 Å². The van der Waals surface area contributed by atoms with E-state index >= 15 is 0 Å². The minimum atomic E-state index is -0.0387. The van der Waals surface area contributed by atoms with Gasteiger partial charge in [-0.25, -0.2) is 9.98 Å². The highest BCUT2D eigenvalue weighted by Crippen LogP contribution is 2.22. The molecule has 0 aliphatic carbocycles. The van der Waals surface area contributed by atoms with Crippen molar-refractivity contribution in [1.82, 2.24) is 15.6 Å². The maximum absolute atomic E-state index is 5.81. The first-order valence-electron chi connectivity index (χ1n) is 8.52. The van der Waals surface area contributed by atoms with Crippen LogP contribution in [-0.2, 0) is 18.5 Å². The van der Waals surface area contributed by atoms with E-state index in [-0.39, 0.29) is 29.4 Å². The molecule has 0 aliphatic rings. The van der Waals surface area contributed by atoms with E-state index in [1.165, 1.54) is 11.1 Å². The topological polar surface area (TPSA) is 62.5 Å². The van der Waals surface area contributed by atoms with Gasteiger partial charge in [0.15, 0.2) is 5.96 Å². The fourth-order valence-electron chi connectivity index (χ4n) is 2.24. The van der Waals surface area contributed by atoms with E-state index in [9.17, 15) is 0 Å². The molecule has 0 saturated carbocycles. The third kappa shape index (κ3) is 6.90. The first-order chi connectivity index (χ1) is 11.8. The van der Waals surface area contributed by atoms with Gasteiger partial charge in [0.25, 0.3) is 0 Å². The lowest BCUT2D eigenvalue weighted by atomic mass is 9.94. The fourth-order valence-corrected chi connectivity index (χ4v) is 2.72. The molecule has 0 amide bonds. The first-order valence-corrected chi connectivity index (χ1v) is 9.31. The number of halogens is 2. The van der Waals surface area contributed by atoms with Crippen LogP contribution in [-0.4, -0.2) is 17.5 Å². The summed E-state index contributed by atoms with van der Waals surface area (Å²) >= 11 is 3.49. The average Bonchev–Trinajstić information content (AvgIpc) is 3.00. The van der Waals surface area contributed by atoms with Gasteiger partial charge in [-0.15, -0.1) is 24.0 Å². The predicted octanol–water partition coefficient (Wildman–Crippen LogP) is 4.92. The SMILES string of the molecule is CCNC(=NCc1ccc(Br)cc1C)NCc1ncc(C(C)(C)C)o1.I. The molecule has 5 nitrogen and oxygen atoms in total. The Hall–Kier alpha value is -1.09. The normalized spacial score (nSPS) is 11.8. The highest BCUT2D eigenvalue weighted by atomic mass is 127. The van der Waals surface area contributed by atoms with Crippen LogP contribution in [0.1, 0.15) is 50.5 Å². The smallest absolute Gasteiger partial charge is 0.213 e. The number of rotatable bonds is 5. The number of aryl methyl sites for hydroxylation is 1. The quantitative estimate of drug-likeness (QED) is 0.325. The highest BCUT2D eigenvalue weighted by molar-refractivity contribution is 14.0. The van der Waals surface area contributed by atoms with Crippen LogP contribution >= 0.6 is 39.9 Å². The van der Waals surface area contributed by atoms with Crippen molar-refractivity contribution in [3.8, 4) is 0 Å². The van der Waals surface area contributed by atoms with E-state index in [1.807, 2.05) is 13.0 Å². The zero-order valence-electron chi connectivity index (χ0n) is 16.0. The van der Waals surface area contributed by atoms with Crippen LogP contribution in [0, 0.1) is 6.92 Å². The van der Waals surface area contributed by atoms with Gasteiger partial charge >= 0.3 is 0 Å². The first kappa shape index (κ1) is 23.0. The number of aromatic nitrogens is 1. The third-order valence-electron chi connectivity index (χ3n) is 3.76.